The van der Waals surface area contributed by atoms with Gasteiger partial charge in [0.2, 0.25) is 0 Å². The first-order valence-corrected chi connectivity index (χ1v) is 17.6. The second-order valence-corrected chi connectivity index (χ2v) is 17.3. The highest BCUT2D eigenvalue weighted by molar-refractivity contribution is 6.99. The molecule has 3 aromatic rings. The minimum Gasteiger partial charge on any atom is -0.497 e. The first-order chi connectivity index (χ1) is 21.0. The van der Waals surface area contributed by atoms with Gasteiger partial charge in [-0.3, -0.25) is 0 Å². The molecule has 6 nitrogen and oxygen atoms in total. The molecule has 1 N–H and O–H groups in total. The second-order valence-electron chi connectivity index (χ2n) is 13.0. The summed E-state index contributed by atoms with van der Waals surface area (Å²) in [6.07, 6.45) is 4.32. The van der Waals surface area contributed by atoms with Crippen LogP contribution in [-0.4, -0.2) is 57.3 Å². The maximum Gasteiger partial charge on any atom is 0.261 e. The highest BCUT2D eigenvalue weighted by Gasteiger charge is 2.51. The van der Waals surface area contributed by atoms with Gasteiger partial charge >= 0.3 is 0 Å². The summed E-state index contributed by atoms with van der Waals surface area (Å²) in [5.74, 6) is 0.0390. The monoisotopic (exact) mass is 618 g/mol. The van der Waals surface area contributed by atoms with Crippen LogP contribution in [-0.2, 0) is 25.2 Å². The summed E-state index contributed by atoms with van der Waals surface area (Å²) >= 11 is 0. The lowest BCUT2D eigenvalue weighted by Crippen LogP contribution is -2.67. The molecule has 1 heterocycles. The normalized spacial score (nSPS) is 20.1. The fourth-order valence-corrected chi connectivity index (χ4v) is 10.8. The van der Waals surface area contributed by atoms with Gasteiger partial charge in [0.15, 0.2) is 5.79 Å². The summed E-state index contributed by atoms with van der Waals surface area (Å²) < 4.78 is 31.6. The fraction of sp³-hybridized carbons (Fsp3) is 0.459. The molecule has 0 saturated carbocycles. The Morgan fingerprint density at radius 1 is 0.909 bits per heavy atom. The summed E-state index contributed by atoms with van der Waals surface area (Å²) in [6, 6.07) is 29.3. The van der Waals surface area contributed by atoms with Crippen LogP contribution in [0.1, 0.15) is 59.9 Å². The zero-order valence-corrected chi connectivity index (χ0v) is 28.4. The van der Waals surface area contributed by atoms with E-state index in [-0.39, 0.29) is 36.1 Å². The molecule has 0 aromatic heterocycles. The Bertz CT molecular complexity index is 1260. The zero-order chi connectivity index (χ0) is 31.8. The number of hydrogen-bond acceptors (Lipinski definition) is 6. The maximum absolute atomic E-state index is 9.75. The Morgan fingerprint density at radius 2 is 1.50 bits per heavy atom. The number of ether oxygens (including phenoxy) is 4. The third-order valence-electron chi connectivity index (χ3n) is 8.15. The molecule has 44 heavy (non-hydrogen) atoms. The minimum atomic E-state index is -2.67. The third kappa shape index (κ3) is 8.27. The average molecular weight is 619 g/mol. The fourth-order valence-electron chi connectivity index (χ4n) is 6.11. The molecule has 2 unspecified atom stereocenters. The van der Waals surface area contributed by atoms with Gasteiger partial charge in [-0.05, 0) is 66.7 Å². The van der Waals surface area contributed by atoms with E-state index in [9.17, 15) is 5.11 Å². The highest BCUT2D eigenvalue weighted by atomic mass is 28.4. The summed E-state index contributed by atoms with van der Waals surface area (Å²) in [5.41, 5.74) is 1.03. The minimum absolute atomic E-state index is 0.0128. The van der Waals surface area contributed by atoms with Crippen molar-refractivity contribution in [2.45, 2.75) is 96.2 Å². The van der Waals surface area contributed by atoms with Gasteiger partial charge in [0.05, 0.1) is 19.8 Å². The van der Waals surface area contributed by atoms with Crippen LogP contribution in [0.2, 0.25) is 5.04 Å². The van der Waals surface area contributed by atoms with Crippen molar-refractivity contribution in [3.8, 4) is 5.75 Å². The van der Waals surface area contributed by atoms with Gasteiger partial charge in [0.1, 0.15) is 18.0 Å². The Hall–Kier alpha value is -2.78. The molecule has 1 saturated heterocycles. The van der Waals surface area contributed by atoms with E-state index in [1.54, 1.807) is 7.11 Å². The van der Waals surface area contributed by atoms with Gasteiger partial charge in [0.25, 0.3) is 8.32 Å². The number of hydrogen-bond donors (Lipinski definition) is 1. The first-order valence-electron chi connectivity index (χ1n) is 15.7. The van der Waals surface area contributed by atoms with Crippen LogP contribution in [0.15, 0.2) is 97.1 Å². The zero-order valence-electron chi connectivity index (χ0n) is 27.4. The summed E-state index contributed by atoms with van der Waals surface area (Å²) in [6.45, 7) is 13.3. The van der Waals surface area contributed by atoms with Gasteiger partial charge in [-0.2, -0.15) is 0 Å². The largest absolute Gasteiger partial charge is 0.497 e. The quantitative estimate of drug-likeness (QED) is 0.167. The molecule has 4 rings (SSSR count). The Labute approximate surface area is 265 Å². The first kappa shape index (κ1) is 34.1. The standard InChI is InChI=1S/C37H50O6Si/c1-28(43-44(36(2,3)4,31-16-10-8-11-17-31)32-18-12-9-13-19-32)15-14-20-33(35-34(25-26-38)41-37(5,6)42-35)40-27-29-21-23-30(39-7)24-22-29/h8-14,16-24,28,33-35,38H,15,25-27H2,1-7H3/b20-14-/t28?,33?,34-,35+/m0/s1. The van der Waals surface area contributed by atoms with Crippen LogP contribution in [0.25, 0.3) is 0 Å². The molecular formula is C37H50O6Si. The lowest BCUT2D eigenvalue weighted by atomic mass is 10.0. The average Bonchev–Trinajstić information content (AvgIpc) is 3.31. The number of benzene rings is 3. The Kier molecular flexibility index (Phi) is 11.6. The van der Waals surface area contributed by atoms with Gasteiger partial charge in [0, 0.05) is 12.7 Å². The predicted molar refractivity (Wildman–Crippen MR) is 179 cm³/mol. The smallest absolute Gasteiger partial charge is 0.261 e. The van der Waals surface area contributed by atoms with E-state index >= 15 is 0 Å². The molecule has 0 aliphatic carbocycles. The molecular weight excluding hydrogens is 568 g/mol. The van der Waals surface area contributed by atoms with E-state index < -0.39 is 14.1 Å². The molecule has 0 spiro atoms. The number of rotatable bonds is 14. The van der Waals surface area contributed by atoms with Crippen LogP contribution in [0.5, 0.6) is 5.75 Å². The summed E-state index contributed by atoms with van der Waals surface area (Å²) in [5, 5.41) is 12.2. The molecule has 0 bridgehead atoms. The van der Waals surface area contributed by atoms with Crippen LogP contribution >= 0.6 is 0 Å². The van der Waals surface area contributed by atoms with Crippen LogP contribution in [0.4, 0.5) is 0 Å². The van der Waals surface area contributed by atoms with Crippen molar-refractivity contribution < 1.29 is 28.5 Å². The Morgan fingerprint density at radius 3 is 2.02 bits per heavy atom. The van der Waals surface area contributed by atoms with Gasteiger partial charge < -0.3 is 28.5 Å². The van der Waals surface area contributed by atoms with Crippen molar-refractivity contribution in [2.75, 3.05) is 13.7 Å². The maximum atomic E-state index is 9.75. The molecule has 238 valence electrons. The lowest BCUT2D eigenvalue weighted by Gasteiger charge is -2.44. The van der Waals surface area contributed by atoms with Gasteiger partial charge in [-0.1, -0.05) is 106 Å². The molecule has 0 radical (unpaired) electrons. The molecule has 1 aliphatic rings. The van der Waals surface area contributed by atoms with Crippen molar-refractivity contribution >= 4 is 18.7 Å². The predicted octanol–water partition coefficient (Wildman–Crippen LogP) is 6.39. The van der Waals surface area contributed by atoms with E-state index in [2.05, 4.69) is 101 Å². The van der Waals surface area contributed by atoms with E-state index in [4.69, 9.17) is 23.4 Å². The topological polar surface area (TPSA) is 66.4 Å². The van der Waals surface area contributed by atoms with E-state index in [0.717, 1.165) is 11.3 Å². The van der Waals surface area contributed by atoms with Crippen LogP contribution in [0.3, 0.4) is 0 Å². The van der Waals surface area contributed by atoms with Crippen molar-refractivity contribution in [3.05, 3.63) is 103 Å². The Balaban J connectivity index is 1.57. The van der Waals surface area contributed by atoms with E-state index in [1.807, 2.05) is 38.1 Å². The number of aliphatic hydroxyl groups is 1. The van der Waals surface area contributed by atoms with Crippen molar-refractivity contribution in [1.82, 2.24) is 0 Å². The third-order valence-corrected chi connectivity index (χ3v) is 13.3. The van der Waals surface area contributed by atoms with Gasteiger partial charge in [-0.25, -0.2) is 0 Å². The van der Waals surface area contributed by atoms with Crippen LogP contribution in [0, 0.1) is 0 Å². The molecule has 1 aliphatic heterocycles. The van der Waals surface area contributed by atoms with E-state index in [0.29, 0.717) is 19.4 Å². The summed E-state index contributed by atoms with van der Waals surface area (Å²) in [7, 11) is -1.01. The SMILES string of the molecule is COc1ccc(COC(/C=C\CC(C)O[Si](c2ccccc2)(c2ccccc2)C(C)(C)C)[C@H]2OC(C)(C)O[C@H]2CCO)cc1. The number of methoxy groups -OCH3 is 1. The molecule has 1 fully saturated rings. The summed E-state index contributed by atoms with van der Waals surface area (Å²) in [4.78, 5) is 0. The second kappa shape index (κ2) is 15.0. The highest BCUT2D eigenvalue weighted by Crippen LogP contribution is 2.38. The lowest BCUT2D eigenvalue weighted by molar-refractivity contribution is -0.156. The number of aliphatic hydroxyl groups excluding tert-OH is 1. The molecule has 3 aromatic carbocycles. The molecule has 4 atom stereocenters. The molecule has 0 amide bonds. The van der Waals surface area contributed by atoms with Crippen LogP contribution < -0.4 is 15.1 Å². The van der Waals surface area contributed by atoms with Crippen molar-refractivity contribution in [3.63, 3.8) is 0 Å². The van der Waals surface area contributed by atoms with Gasteiger partial charge in [-0.15, -0.1) is 0 Å². The van der Waals surface area contributed by atoms with Crippen molar-refractivity contribution in [2.24, 2.45) is 0 Å². The van der Waals surface area contributed by atoms with Crippen molar-refractivity contribution in [1.29, 1.82) is 0 Å². The molecule has 7 heteroatoms. The van der Waals surface area contributed by atoms with E-state index in [1.165, 1.54) is 10.4 Å².